The van der Waals surface area contributed by atoms with Crippen molar-refractivity contribution in [2.75, 3.05) is 0 Å². The summed E-state index contributed by atoms with van der Waals surface area (Å²) >= 11 is 5.31. The van der Waals surface area contributed by atoms with E-state index in [0.29, 0.717) is 5.15 Å². The van der Waals surface area contributed by atoms with Crippen LogP contribution in [0.1, 0.15) is 5.56 Å². The van der Waals surface area contributed by atoms with Crippen LogP contribution in [0.2, 0.25) is 5.15 Å². The van der Waals surface area contributed by atoms with Gasteiger partial charge in [0.05, 0.1) is 5.15 Å². The van der Waals surface area contributed by atoms with Gasteiger partial charge in [0.2, 0.25) is 0 Å². The molecule has 0 aliphatic rings. The zero-order valence-electron chi connectivity index (χ0n) is 8.10. The van der Waals surface area contributed by atoms with E-state index in [2.05, 4.69) is 23.1 Å². The Morgan fingerprint density at radius 3 is 2.07 bits per heavy atom. The molecule has 0 aliphatic heterocycles. The van der Waals surface area contributed by atoms with Crippen molar-refractivity contribution in [1.29, 1.82) is 0 Å². The van der Waals surface area contributed by atoms with Crippen LogP contribution >= 0.6 is 11.6 Å². The predicted molar refractivity (Wildman–Crippen MR) is 56.8 cm³/mol. The molecule has 2 aromatic rings. The summed E-state index contributed by atoms with van der Waals surface area (Å²) in [5.41, 5.74) is 1.07. The van der Waals surface area contributed by atoms with Gasteiger partial charge in [-0.2, -0.15) is 24.6 Å². The summed E-state index contributed by atoms with van der Waals surface area (Å²) in [6.45, 7) is 3.72. The molecular weight excluding hydrogens is 284 g/mol. The Labute approximate surface area is 120 Å². The molecule has 0 N–H and O–H groups in total. The van der Waals surface area contributed by atoms with Crippen molar-refractivity contribution in [3.05, 3.63) is 66.6 Å². The Bertz CT molecular complexity index is 316. The maximum absolute atomic E-state index is 5.31. The quantitative estimate of drug-likeness (QED) is 0.698. The summed E-state index contributed by atoms with van der Waals surface area (Å²) < 4.78 is 0. The Morgan fingerprint density at radius 1 is 1.13 bits per heavy atom. The average molecular weight is 294 g/mol. The van der Waals surface area contributed by atoms with Crippen LogP contribution in [-0.4, -0.2) is 9.97 Å². The number of aromatic nitrogens is 2. The molecule has 0 aliphatic carbocycles. The summed E-state index contributed by atoms with van der Waals surface area (Å²) in [5.74, 6) is 0. The molecule has 0 bridgehead atoms. The van der Waals surface area contributed by atoms with Crippen LogP contribution in [0, 0.1) is 13.1 Å². The third-order valence-electron chi connectivity index (χ3n) is 1.33. The van der Waals surface area contributed by atoms with Gasteiger partial charge in [-0.05, 0) is 6.20 Å². The third-order valence-corrected chi connectivity index (χ3v) is 1.51. The fourth-order valence-electron chi connectivity index (χ4n) is 0.730. The standard InChI is InChI=1S/C7H7.C4H2ClN2.Y/c1-7-5-3-2-4-6-7;5-4-3-6-1-2-7-4;/h2-6H,1H2;1-2H;/q2*-1;. The number of halogens is 1. The van der Waals surface area contributed by atoms with Gasteiger partial charge in [-0.3, -0.25) is 4.98 Å². The number of hydrogen-bond donors (Lipinski definition) is 0. The van der Waals surface area contributed by atoms with Gasteiger partial charge in [0.15, 0.2) is 0 Å². The average Bonchev–Trinajstić information content (AvgIpc) is 2.21. The molecular formula is C11H9ClN2Y-2. The van der Waals surface area contributed by atoms with Gasteiger partial charge in [-0.25, -0.2) is 0 Å². The van der Waals surface area contributed by atoms with Gasteiger partial charge in [-0.15, -0.1) is 24.5 Å². The van der Waals surface area contributed by atoms with Crippen molar-refractivity contribution in [2.24, 2.45) is 0 Å². The second-order valence-corrected chi connectivity index (χ2v) is 2.80. The normalized spacial score (nSPS) is 8.07. The molecule has 1 aromatic heterocycles. The Kier molecular flexibility index (Phi) is 8.58. The zero-order chi connectivity index (χ0) is 10.2. The molecule has 0 spiro atoms. The van der Waals surface area contributed by atoms with Gasteiger partial charge in [-0.1, -0.05) is 17.7 Å². The van der Waals surface area contributed by atoms with Crippen LogP contribution in [0.5, 0.6) is 0 Å². The molecule has 0 amide bonds. The van der Waals surface area contributed by atoms with E-state index in [0.717, 1.165) is 5.56 Å². The first-order valence-electron chi connectivity index (χ1n) is 4.00. The van der Waals surface area contributed by atoms with E-state index in [1.807, 2.05) is 30.3 Å². The van der Waals surface area contributed by atoms with Crippen molar-refractivity contribution < 1.29 is 32.7 Å². The van der Waals surface area contributed by atoms with Gasteiger partial charge in [0, 0.05) is 32.7 Å². The minimum atomic E-state index is 0. The van der Waals surface area contributed by atoms with Crippen LogP contribution < -0.4 is 0 Å². The topological polar surface area (TPSA) is 25.8 Å². The van der Waals surface area contributed by atoms with E-state index in [-0.39, 0.29) is 32.7 Å². The second kappa shape index (κ2) is 8.84. The molecule has 4 heteroatoms. The third kappa shape index (κ3) is 7.49. The summed E-state index contributed by atoms with van der Waals surface area (Å²) in [4.78, 5) is 7.19. The molecule has 1 aromatic carbocycles. The van der Waals surface area contributed by atoms with E-state index >= 15 is 0 Å². The summed E-state index contributed by atoms with van der Waals surface area (Å²) in [5, 5.41) is 0.308. The molecule has 0 saturated carbocycles. The van der Waals surface area contributed by atoms with Crippen LogP contribution in [0.3, 0.4) is 0 Å². The van der Waals surface area contributed by atoms with Crippen molar-refractivity contribution in [3.63, 3.8) is 0 Å². The van der Waals surface area contributed by atoms with E-state index in [9.17, 15) is 0 Å². The SMILES string of the molecule is Clc1[c-]nccn1.[CH2-]c1ccccc1.[Y]. The van der Waals surface area contributed by atoms with Crippen molar-refractivity contribution in [1.82, 2.24) is 9.97 Å². The maximum Gasteiger partial charge on any atom is 0.0556 e. The van der Waals surface area contributed by atoms with Gasteiger partial charge in [0.1, 0.15) is 0 Å². The first-order chi connectivity index (χ1) is 6.79. The van der Waals surface area contributed by atoms with Crippen LogP contribution in [0.25, 0.3) is 0 Å². The monoisotopic (exact) mass is 293 g/mol. The molecule has 1 heterocycles. The number of nitrogens with zero attached hydrogens (tertiary/aromatic N) is 2. The van der Waals surface area contributed by atoms with Gasteiger partial charge >= 0.3 is 0 Å². The first-order valence-corrected chi connectivity index (χ1v) is 4.38. The predicted octanol–water partition coefficient (Wildman–Crippen LogP) is 2.80. The molecule has 15 heavy (non-hydrogen) atoms. The van der Waals surface area contributed by atoms with E-state index in [4.69, 9.17) is 11.6 Å². The maximum atomic E-state index is 5.31. The fourth-order valence-corrected chi connectivity index (χ4v) is 0.835. The van der Waals surface area contributed by atoms with Crippen LogP contribution in [0.4, 0.5) is 0 Å². The molecule has 2 nitrogen and oxygen atoms in total. The van der Waals surface area contributed by atoms with Gasteiger partial charge in [0.25, 0.3) is 0 Å². The van der Waals surface area contributed by atoms with E-state index < -0.39 is 0 Å². The van der Waals surface area contributed by atoms with Crippen molar-refractivity contribution >= 4 is 11.6 Å². The Balaban J connectivity index is 0.000000245. The first kappa shape index (κ1) is 14.6. The van der Waals surface area contributed by atoms with E-state index in [1.165, 1.54) is 12.4 Å². The summed E-state index contributed by atoms with van der Waals surface area (Å²) in [6.07, 6.45) is 5.47. The molecule has 0 fully saturated rings. The molecule has 0 atom stereocenters. The van der Waals surface area contributed by atoms with E-state index in [1.54, 1.807) is 0 Å². The summed E-state index contributed by atoms with van der Waals surface area (Å²) in [7, 11) is 0. The number of hydrogen-bond acceptors (Lipinski definition) is 2. The molecule has 75 valence electrons. The fraction of sp³-hybridized carbons (Fsp3) is 0. The minimum absolute atomic E-state index is 0. The Morgan fingerprint density at radius 2 is 1.80 bits per heavy atom. The second-order valence-electron chi connectivity index (χ2n) is 2.44. The molecule has 0 saturated heterocycles. The minimum Gasteiger partial charge on any atom is -0.455 e. The van der Waals surface area contributed by atoms with Gasteiger partial charge < -0.3 is 4.98 Å². The number of rotatable bonds is 0. The molecule has 0 unspecified atom stereocenters. The van der Waals surface area contributed by atoms with Crippen molar-refractivity contribution in [3.8, 4) is 0 Å². The molecule has 1 radical (unpaired) electrons. The van der Waals surface area contributed by atoms with Crippen molar-refractivity contribution in [2.45, 2.75) is 0 Å². The zero-order valence-corrected chi connectivity index (χ0v) is 11.7. The smallest absolute Gasteiger partial charge is 0.0556 e. The van der Waals surface area contributed by atoms with Crippen LogP contribution in [-0.2, 0) is 32.7 Å². The molecule has 2 rings (SSSR count). The number of benzene rings is 1. The van der Waals surface area contributed by atoms with Crippen LogP contribution in [0.15, 0.2) is 42.7 Å². The largest absolute Gasteiger partial charge is 0.455 e. The summed E-state index contributed by atoms with van der Waals surface area (Å²) in [6, 6.07) is 9.87. The Hall–Kier alpha value is -0.436.